The van der Waals surface area contributed by atoms with Crippen LogP contribution in [0.15, 0.2) is 12.3 Å². The maximum atomic E-state index is 11.9. The van der Waals surface area contributed by atoms with Gasteiger partial charge >= 0.3 is 0 Å². The average Bonchev–Trinajstić information content (AvgIpc) is 2.92. The topological polar surface area (TPSA) is 59.0 Å². The summed E-state index contributed by atoms with van der Waals surface area (Å²) in [5.74, 6) is 0.588. The van der Waals surface area contributed by atoms with Crippen molar-refractivity contribution in [1.82, 2.24) is 20.4 Å². The monoisotopic (exact) mass is 248 g/mol. The van der Waals surface area contributed by atoms with Crippen molar-refractivity contribution in [3.63, 3.8) is 0 Å². The van der Waals surface area contributed by atoms with Crippen LogP contribution in [-0.4, -0.2) is 34.8 Å². The van der Waals surface area contributed by atoms with Crippen molar-refractivity contribution in [2.24, 2.45) is 5.92 Å². The minimum absolute atomic E-state index is 0.0353. The second-order valence-electron chi connectivity index (χ2n) is 5.47. The van der Waals surface area contributed by atoms with Crippen LogP contribution in [-0.2, 0) is 0 Å². The zero-order valence-corrected chi connectivity index (χ0v) is 10.7. The van der Waals surface area contributed by atoms with Crippen LogP contribution in [0, 0.1) is 5.92 Å². The molecule has 0 bridgehead atoms. The molecule has 3 unspecified atom stereocenters. The number of hydrogen-bond donors (Lipinski definition) is 2. The Kier molecular flexibility index (Phi) is 3.07. The van der Waals surface area contributed by atoms with Crippen LogP contribution in [0.25, 0.3) is 0 Å². The number of piperidine rings is 1. The summed E-state index contributed by atoms with van der Waals surface area (Å²) in [6, 6.07) is 2.57. The van der Waals surface area contributed by atoms with Crippen LogP contribution in [0.2, 0.25) is 0 Å². The summed E-state index contributed by atoms with van der Waals surface area (Å²) in [4.78, 5) is 11.9. The lowest BCUT2D eigenvalue weighted by molar-refractivity contribution is 0.0943. The molecular formula is C13H20N4O. The first-order valence-corrected chi connectivity index (χ1v) is 6.81. The average molecular weight is 248 g/mol. The van der Waals surface area contributed by atoms with Crippen LogP contribution in [0.4, 0.5) is 0 Å². The van der Waals surface area contributed by atoms with E-state index in [-0.39, 0.29) is 5.91 Å². The van der Waals surface area contributed by atoms with Crippen LogP contribution >= 0.6 is 0 Å². The molecule has 5 heteroatoms. The Labute approximate surface area is 107 Å². The molecule has 98 valence electrons. The van der Waals surface area contributed by atoms with E-state index in [9.17, 15) is 4.79 Å². The Bertz CT molecular complexity index is 436. The van der Waals surface area contributed by atoms with Gasteiger partial charge in [-0.05, 0) is 37.8 Å². The van der Waals surface area contributed by atoms with Crippen LogP contribution in [0.1, 0.15) is 42.7 Å². The lowest BCUT2D eigenvalue weighted by Gasteiger charge is -2.22. The predicted octanol–water partition coefficient (Wildman–Crippen LogP) is 0.946. The smallest absolute Gasteiger partial charge is 0.272 e. The van der Waals surface area contributed by atoms with E-state index >= 15 is 0 Å². The van der Waals surface area contributed by atoms with E-state index in [0.717, 1.165) is 25.9 Å². The van der Waals surface area contributed by atoms with Gasteiger partial charge in [-0.25, -0.2) is 0 Å². The molecule has 18 heavy (non-hydrogen) atoms. The minimum atomic E-state index is -0.0353. The number of nitrogens with one attached hydrogen (secondary N) is 2. The Hall–Kier alpha value is -1.36. The Morgan fingerprint density at radius 1 is 1.61 bits per heavy atom. The van der Waals surface area contributed by atoms with Gasteiger partial charge in [0.1, 0.15) is 5.69 Å². The Morgan fingerprint density at radius 3 is 3.11 bits per heavy atom. The SMILES string of the molecule is CC1CC1NC(=O)c1ccn(C2CCCNC2)n1. The first-order chi connectivity index (χ1) is 8.74. The van der Waals surface area contributed by atoms with Gasteiger partial charge in [0.15, 0.2) is 0 Å². The van der Waals surface area contributed by atoms with Gasteiger partial charge < -0.3 is 10.6 Å². The molecule has 1 saturated heterocycles. The van der Waals surface area contributed by atoms with Gasteiger partial charge in [-0.15, -0.1) is 0 Å². The summed E-state index contributed by atoms with van der Waals surface area (Å²) in [5, 5.41) is 10.8. The zero-order valence-electron chi connectivity index (χ0n) is 10.7. The fourth-order valence-corrected chi connectivity index (χ4v) is 2.49. The first-order valence-electron chi connectivity index (χ1n) is 6.81. The summed E-state index contributed by atoms with van der Waals surface area (Å²) in [6.45, 7) is 4.18. The van der Waals surface area contributed by atoms with E-state index in [1.54, 1.807) is 0 Å². The van der Waals surface area contributed by atoms with E-state index in [1.807, 2.05) is 16.9 Å². The number of nitrogens with zero attached hydrogens (tertiary/aromatic N) is 2. The maximum absolute atomic E-state index is 11.9. The molecule has 1 aliphatic heterocycles. The Balaban J connectivity index is 1.63. The molecule has 5 nitrogen and oxygen atoms in total. The molecule has 3 atom stereocenters. The highest BCUT2D eigenvalue weighted by molar-refractivity contribution is 5.92. The van der Waals surface area contributed by atoms with E-state index < -0.39 is 0 Å². The fraction of sp³-hybridized carbons (Fsp3) is 0.692. The third-order valence-corrected chi connectivity index (χ3v) is 3.91. The molecule has 1 saturated carbocycles. The molecule has 1 aromatic rings. The quantitative estimate of drug-likeness (QED) is 0.837. The highest BCUT2D eigenvalue weighted by Crippen LogP contribution is 2.29. The molecule has 0 radical (unpaired) electrons. The third-order valence-electron chi connectivity index (χ3n) is 3.91. The number of amides is 1. The molecule has 0 spiro atoms. The number of carbonyl (C=O) groups is 1. The molecule has 1 aromatic heterocycles. The van der Waals surface area contributed by atoms with Crippen LogP contribution in [0.3, 0.4) is 0 Å². The highest BCUT2D eigenvalue weighted by Gasteiger charge is 2.34. The summed E-state index contributed by atoms with van der Waals surface area (Å²) in [6.07, 6.45) is 5.32. The van der Waals surface area contributed by atoms with E-state index in [2.05, 4.69) is 22.7 Å². The lowest BCUT2D eigenvalue weighted by atomic mass is 10.1. The summed E-state index contributed by atoms with van der Waals surface area (Å²) < 4.78 is 1.93. The molecule has 1 amide bonds. The van der Waals surface area contributed by atoms with Crippen molar-refractivity contribution in [2.75, 3.05) is 13.1 Å². The molecule has 2 N–H and O–H groups in total. The van der Waals surface area contributed by atoms with Crippen molar-refractivity contribution >= 4 is 5.91 Å². The molecule has 2 aliphatic rings. The van der Waals surface area contributed by atoms with Crippen molar-refractivity contribution in [1.29, 1.82) is 0 Å². The maximum Gasteiger partial charge on any atom is 0.272 e. The van der Waals surface area contributed by atoms with E-state index in [4.69, 9.17) is 0 Å². The molecule has 3 rings (SSSR count). The number of hydrogen-bond acceptors (Lipinski definition) is 3. The molecule has 2 heterocycles. The van der Waals surface area contributed by atoms with Gasteiger partial charge in [0.25, 0.3) is 5.91 Å². The molecular weight excluding hydrogens is 228 g/mol. The van der Waals surface area contributed by atoms with Gasteiger partial charge in [0.05, 0.1) is 6.04 Å². The van der Waals surface area contributed by atoms with Crippen LogP contribution in [0.5, 0.6) is 0 Å². The number of carbonyl (C=O) groups excluding carboxylic acids is 1. The third kappa shape index (κ3) is 2.41. The standard InChI is InChI=1S/C13H20N4O/c1-9-7-12(9)15-13(18)11-4-6-17(16-11)10-3-2-5-14-8-10/h4,6,9-10,12,14H,2-3,5,7-8H2,1H3,(H,15,18). The predicted molar refractivity (Wildman–Crippen MR) is 68.4 cm³/mol. The van der Waals surface area contributed by atoms with Gasteiger partial charge in [0.2, 0.25) is 0 Å². The number of rotatable bonds is 3. The largest absolute Gasteiger partial charge is 0.348 e. The molecule has 0 aromatic carbocycles. The van der Waals surface area contributed by atoms with Crippen molar-refractivity contribution in [3.8, 4) is 0 Å². The van der Waals surface area contributed by atoms with E-state index in [1.165, 1.54) is 6.42 Å². The van der Waals surface area contributed by atoms with Gasteiger partial charge in [-0.1, -0.05) is 6.92 Å². The van der Waals surface area contributed by atoms with Crippen LogP contribution < -0.4 is 10.6 Å². The van der Waals surface area contributed by atoms with Crippen molar-refractivity contribution < 1.29 is 4.79 Å². The van der Waals surface area contributed by atoms with Crippen molar-refractivity contribution in [3.05, 3.63) is 18.0 Å². The summed E-state index contributed by atoms with van der Waals surface area (Å²) >= 11 is 0. The fourth-order valence-electron chi connectivity index (χ4n) is 2.49. The van der Waals surface area contributed by atoms with Crippen molar-refractivity contribution in [2.45, 2.75) is 38.3 Å². The number of aromatic nitrogens is 2. The normalized spacial score (nSPS) is 31.1. The van der Waals surface area contributed by atoms with Gasteiger partial charge in [-0.3, -0.25) is 9.48 Å². The van der Waals surface area contributed by atoms with Gasteiger partial charge in [0, 0.05) is 18.8 Å². The molecule has 2 fully saturated rings. The lowest BCUT2D eigenvalue weighted by Crippen LogP contribution is -2.32. The summed E-state index contributed by atoms with van der Waals surface area (Å²) in [7, 11) is 0. The molecule has 1 aliphatic carbocycles. The Morgan fingerprint density at radius 2 is 2.44 bits per heavy atom. The minimum Gasteiger partial charge on any atom is -0.348 e. The second kappa shape index (κ2) is 4.72. The summed E-state index contributed by atoms with van der Waals surface area (Å²) in [5.41, 5.74) is 0.541. The van der Waals surface area contributed by atoms with E-state index in [0.29, 0.717) is 23.7 Å². The second-order valence-corrected chi connectivity index (χ2v) is 5.47. The van der Waals surface area contributed by atoms with Gasteiger partial charge in [-0.2, -0.15) is 5.10 Å². The highest BCUT2D eigenvalue weighted by atomic mass is 16.2. The zero-order chi connectivity index (χ0) is 12.5. The first kappa shape index (κ1) is 11.7.